The normalized spacial score (nSPS) is 12.9. The molecule has 0 aliphatic heterocycles. The number of hydrogen-bond acceptors (Lipinski definition) is 4. The summed E-state index contributed by atoms with van der Waals surface area (Å²) in [6.45, 7) is 9.13. The van der Waals surface area contributed by atoms with Gasteiger partial charge in [-0.3, -0.25) is 4.98 Å². The second kappa shape index (κ2) is 4.24. The van der Waals surface area contributed by atoms with Crippen molar-refractivity contribution in [1.29, 1.82) is 0 Å². The molecule has 83 valence electrons. The van der Waals surface area contributed by atoms with Crippen LogP contribution in [0, 0.1) is 6.92 Å². The fourth-order valence-corrected chi connectivity index (χ4v) is 1.42. The van der Waals surface area contributed by atoms with Crippen LogP contribution in [-0.2, 0) is 4.65 Å². The van der Waals surface area contributed by atoms with Gasteiger partial charge in [0.15, 0.2) is 0 Å². The van der Waals surface area contributed by atoms with Crippen LogP contribution in [0.25, 0.3) is 0 Å². The summed E-state index contributed by atoms with van der Waals surface area (Å²) in [6, 6.07) is 0. The lowest BCUT2D eigenvalue weighted by molar-refractivity contribution is -0.0892. The fraction of sp³-hybridized carbons (Fsp3) is 0.700. The van der Waals surface area contributed by atoms with E-state index in [9.17, 15) is 5.11 Å². The number of hydrogen-bond donors (Lipinski definition) is 1. The van der Waals surface area contributed by atoms with E-state index in [0.717, 1.165) is 10.5 Å². The molecule has 5 heteroatoms. The first-order valence-electron chi connectivity index (χ1n) is 4.87. The number of aryl methyl sites for hydroxylation is 1. The topological polar surface area (TPSA) is 42.4 Å². The second-order valence-electron chi connectivity index (χ2n) is 4.61. The van der Waals surface area contributed by atoms with Crippen molar-refractivity contribution in [1.82, 2.24) is 4.98 Å². The van der Waals surface area contributed by atoms with Crippen LogP contribution in [0.15, 0.2) is 5.51 Å². The Bertz CT molecular complexity index is 330. The first-order valence-corrected chi connectivity index (χ1v) is 5.75. The van der Waals surface area contributed by atoms with Gasteiger partial charge in [0.1, 0.15) is 0 Å². The number of aromatic nitrogens is 1. The standard InChI is InChI=1S/C10H17BNO2S/c1-7-8(15-6-12-7)11-14-10(4,5)9(2,3)13/h6,13H,1-5H3. The van der Waals surface area contributed by atoms with Crippen molar-refractivity contribution in [2.45, 2.75) is 45.8 Å². The molecule has 0 spiro atoms. The van der Waals surface area contributed by atoms with Gasteiger partial charge < -0.3 is 9.76 Å². The molecule has 15 heavy (non-hydrogen) atoms. The Balaban J connectivity index is 2.61. The summed E-state index contributed by atoms with van der Waals surface area (Å²) in [5, 5.41) is 9.89. The summed E-state index contributed by atoms with van der Waals surface area (Å²) >= 11 is 1.53. The first kappa shape index (κ1) is 12.7. The van der Waals surface area contributed by atoms with E-state index in [1.54, 1.807) is 26.8 Å². The Morgan fingerprint density at radius 1 is 1.40 bits per heavy atom. The average Bonchev–Trinajstić information content (AvgIpc) is 2.46. The molecule has 1 aromatic heterocycles. The molecule has 1 heterocycles. The maximum absolute atomic E-state index is 9.89. The van der Waals surface area contributed by atoms with Gasteiger partial charge in [-0.15, -0.1) is 11.3 Å². The minimum Gasteiger partial charge on any atom is -0.426 e. The van der Waals surface area contributed by atoms with Crippen LogP contribution >= 0.6 is 11.3 Å². The summed E-state index contributed by atoms with van der Waals surface area (Å²) in [6.07, 6.45) is 0. The van der Waals surface area contributed by atoms with Crippen molar-refractivity contribution in [2.75, 3.05) is 0 Å². The molecular formula is C10H17BNO2S. The van der Waals surface area contributed by atoms with Gasteiger partial charge in [-0.1, -0.05) is 0 Å². The van der Waals surface area contributed by atoms with Gasteiger partial charge in [0.05, 0.1) is 16.7 Å². The molecule has 1 rings (SSSR count). The Hall–Kier alpha value is -0.385. The van der Waals surface area contributed by atoms with E-state index >= 15 is 0 Å². The molecule has 0 fully saturated rings. The molecule has 1 aromatic rings. The van der Waals surface area contributed by atoms with Crippen LogP contribution in [0.1, 0.15) is 33.4 Å². The van der Waals surface area contributed by atoms with E-state index in [1.165, 1.54) is 11.3 Å². The smallest absolute Gasteiger partial charge is 0.343 e. The molecule has 0 bridgehead atoms. The predicted molar refractivity (Wildman–Crippen MR) is 63.7 cm³/mol. The molecule has 0 aromatic carbocycles. The average molecular weight is 226 g/mol. The molecule has 0 unspecified atom stereocenters. The molecule has 0 atom stereocenters. The minimum atomic E-state index is -0.887. The van der Waals surface area contributed by atoms with Gasteiger partial charge >= 0.3 is 7.48 Å². The van der Waals surface area contributed by atoms with E-state index < -0.39 is 11.2 Å². The van der Waals surface area contributed by atoms with Crippen molar-refractivity contribution >= 4 is 23.6 Å². The van der Waals surface area contributed by atoms with E-state index in [-0.39, 0.29) is 0 Å². The van der Waals surface area contributed by atoms with Gasteiger partial charge in [0.25, 0.3) is 0 Å². The van der Waals surface area contributed by atoms with Crippen LogP contribution in [0.5, 0.6) is 0 Å². The van der Waals surface area contributed by atoms with Gasteiger partial charge in [-0.2, -0.15) is 0 Å². The number of thiazole rings is 1. The number of rotatable bonds is 4. The highest BCUT2D eigenvalue weighted by molar-refractivity contribution is 7.19. The summed E-state index contributed by atoms with van der Waals surface area (Å²) in [5.41, 5.74) is 1.22. The molecule has 1 N–H and O–H groups in total. The number of nitrogens with zero attached hydrogens (tertiary/aromatic N) is 1. The summed E-state index contributed by atoms with van der Waals surface area (Å²) in [5.74, 6) is 0. The third kappa shape index (κ3) is 3.03. The number of aliphatic hydroxyl groups is 1. The largest absolute Gasteiger partial charge is 0.426 e. The highest BCUT2D eigenvalue weighted by Gasteiger charge is 2.35. The highest BCUT2D eigenvalue weighted by atomic mass is 32.1. The minimum absolute atomic E-state index is 0.622. The van der Waals surface area contributed by atoms with Crippen LogP contribution in [0.3, 0.4) is 0 Å². The molecule has 3 nitrogen and oxygen atoms in total. The lowest BCUT2D eigenvalue weighted by atomic mass is 9.86. The van der Waals surface area contributed by atoms with E-state index in [4.69, 9.17) is 4.65 Å². The second-order valence-corrected chi connectivity index (χ2v) is 5.49. The Kier molecular flexibility index (Phi) is 3.58. The maximum atomic E-state index is 9.89. The maximum Gasteiger partial charge on any atom is 0.343 e. The third-order valence-corrected chi connectivity index (χ3v) is 3.57. The molecule has 0 saturated heterocycles. The van der Waals surface area contributed by atoms with Crippen LogP contribution < -0.4 is 4.78 Å². The zero-order chi connectivity index (χ0) is 11.7. The van der Waals surface area contributed by atoms with Crippen molar-refractivity contribution in [3.05, 3.63) is 11.2 Å². The molecule has 0 aliphatic carbocycles. The SMILES string of the molecule is Cc1ncsc1[B]OC(C)(C)C(C)(C)O. The van der Waals surface area contributed by atoms with Gasteiger partial charge in [-0.05, 0) is 34.6 Å². The van der Waals surface area contributed by atoms with Crippen molar-refractivity contribution < 1.29 is 9.76 Å². The Labute approximate surface area is 95.8 Å². The third-order valence-electron chi connectivity index (χ3n) is 2.72. The van der Waals surface area contributed by atoms with Gasteiger partial charge in [0.2, 0.25) is 0 Å². The van der Waals surface area contributed by atoms with Crippen LogP contribution in [0.2, 0.25) is 0 Å². The molecule has 0 amide bonds. The fourth-order valence-electron chi connectivity index (χ4n) is 0.769. The van der Waals surface area contributed by atoms with Gasteiger partial charge in [0, 0.05) is 10.5 Å². The molecule has 0 aliphatic rings. The van der Waals surface area contributed by atoms with E-state index in [0.29, 0.717) is 0 Å². The molecule has 1 radical (unpaired) electrons. The lowest BCUT2D eigenvalue weighted by Crippen LogP contribution is -2.49. The molecular weight excluding hydrogens is 209 g/mol. The van der Waals surface area contributed by atoms with Crippen molar-refractivity contribution in [2.24, 2.45) is 0 Å². The summed E-state index contributed by atoms with van der Waals surface area (Å²) in [7, 11) is 1.67. The summed E-state index contributed by atoms with van der Waals surface area (Å²) < 4.78 is 6.61. The lowest BCUT2D eigenvalue weighted by Gasteiger charge is -2.37. The predicted octanol–water partition coefficient (Wildman–Crippen LogP) is 1.26. The van der Waals surface area contributed by atoms with Crippen LogP contribution in [0.4, 0.5) is 0 Å². The highest BCUT2D eigenvalue weighted by Crippen LogP contribution is 2.24. The van der Waals surface area contributed by atoms with E-state index in [1.807, 2.05) is 20.8 Å². The molecule has 0 saturated carbocycles. The quantitative estimate of drug-likeness (QED) is 0.786. The van der Waals surface area contributed by atoms with E-state index in [2.05, 4.69) is 4.98 Å². The zero-order valence-corrected chi connectivity index (χ0v) is 10.7. The van der Waals surface area contributed by atoms with Crippen molar-refractivity contribution in [3.8, 4) is 0 Å². The van der Waals surface area contributed by atoms with Gasteiger partial charge in [-0.25, -0.2) is 0 Å². The zero-order valence-electron chi connectivity index (χ0n) is 9.87. The van der Waals surface area contributed by atoms with Crippen LogP contribution in [-0.4, -0.2) is 28.8 Å². The monoisotopic (exact) mass is 226 g/mol. The summed E-state index contributed by atoms with van der Waals surface area (Å²) in [4.78, 5) is 4.12. The van der Waals surface area contributed by atoms with Crippen molar-refractivity contribution in [3.63, 3.8) is 0 Å². The Morgan fingerprint density at radius 2 is 2.00 bits per heavy atom. The Morgan fingerprint density at radius 3 is 2.40 bits per heavy atom. The first-order chi connectivity index (χ1) is 6.74.